The monoisotopic (exact) mass is 467 g/mol. The van der Waals surface area contributed by atoms with Crippen LogP contribution >= 0.6 is 15.9 Å². The average Bonchev–Trinajstić information content (AvgIpc) is 3.02. The van der Waals surface area contributed by atoms with E-state index in [2.05, 4.69) is 15.9 Å². The van der Waals surface area contributed by atoms with E-state index in [0.717, 1.165) is 10.5 Å². The molecule has 3 aromatic carbocycles. The summed E-state index contributed by atoms with van der Waals surface area (Å²) >= 11 is 3.39. The standard InChI is InChI=1S/C23H12BrF2NO3/c24-13-2-1-3-16(10-13)27-20(12-4-6-14(25)7-5-12)19-21(28)17-11-15(26)8-9-18(17)30-22(19)23(27)29/h1-11,20H. The number of anilines is 1. The molecule has 1 aliphatic heterocycles. The lowest BCUT2D eigenvalue weighted by molar-refractivity contribution is 0.0971. The van der Waals surface area contributed by atoms with Crippen LogP contribution in [0, 0.1) is 11.6 Å². The molecular weight excluding hydrogens is 456 g/mol. The van der Waals surface area contributed by atoms with E-state index in [1.54, 1.807) is 18.2 Å². The van der Waals surface area contributed by atoms with Crippen LogP contribution in [-0.2, 0) is 0 Å². The Morgan fingerprint density at radius 1 is 0.900 bits per heavy atom. The highest BCUT2D eigenvalue weighted by molar-refractivity contribution is 9.10. The largest absolute Gasteiger partial charge is 0.450 e. The van der Waals surface area contributed by atoms with Crippen molar-refractivity contribution >= 4 is 38.5 Å². The van der Waals surface area contributed by atoms with Crippen LogP contribution in [0.3, 0.4) is 0 Å². The first-order chi connectivity index (χ1) is 14.4. The Labute approximate surface area is 177 Å². The summed E-state index contributed by atoms with van der Waals surface area (Å²) in [5.41, 5.74) is 0.800. The van der Waals surface area contributed by atoms with Gasteiger partial charge in [0, 0.05) is 10.2 Å². The van der Waals surface area contributed by atoms with Gasteiger partial charge in [-0.25, -0.2) is 8.78 Å². The van der Waals surface area contributed by atoms with Gasteiger partial charge in [-0.2, -0.15) is 0 Å². The molecule has 0 radical (unpaired) electrons. The van der Waals surface area contributed by atoms with E-state index in [0.29, 0.717) is 11.3 Å². The normalized spacial score (nSPS) is 15.6. The minimum atomic E-state index is -0.841. The van der Waals surface area contributed by atoms with Crippen LogP contribution in [0.1, 0.15) is 27.7 Å². The highest BCUT2D eigenvalue weighted by Gasteiger charge is 2.43. The zero-order valence-electron chi connectivity index (χ0n) is 15.2. The van der Waals surface area contributed by atoms with Crippen LogP contribution in [0.4, 0.5) is 14.5 Å². The van der Waals surface area contributed by atoms with Crippen LogP contribution in [0.2, 0.25) is 0 Å². The van der Waals surface area contributed by atoms with E-state index < -0.39 is 29.0 Å². The van der Waals surface area contributed by atoms with Crippen molar-refractivity contribution in [2.45, 2.75) is 6.04 Å². The smallest absolute Gasteiger partial charge is 0.295 e. The molecule has 0 spiro atoms. The molecule has 1 aromatic heterocycles. The van der Waals surface area contributed by atoms with E-state index >= 15 is 0 Å². The molecule has 0 fully saturated rings. The van der Waals surface area contributed by atoms with E-state index in [9.17, 15) is 18.4 Å². The van der Waals surface area contributed by atoms with Crippen molar-refractivity contribution in [3.63, 3.8) is 0 Å². The van der Waals surface area contributed by atoms with Crippen molar-refractivity contribution < 1.29 is 18.0 Å². The fourth-order valence-electron chi connectivity index (χ4n) is 3.80. The molecule has 30 heavy (non-hydrogen) atoms. The second-order valence-electron chi connectivity index (χ2n) is 6.92. The Morgan fingerprint density at radius 3 is 2.37 bits per heavy atom. The lowest BCUT2D eigenvalue weighted by atomic mass is 9.98. The van der Waals surface area contributed by atoms with Gasteiger partial charge in [-0.3, -0.25) is 14.5 Å². The van der Waals surface area contributed by atoms with E-state index in [1.807, 2.05) is 6.07 Å². The third kappa shape index (κ3) is 2.85. The van der Waals surface area contributed by atoms with Crippen LogP contribution in [-0.4, -0.2) is 5.91 Å². The van der Waals surface area contributed by atoms with Crippen LogP contribution in [0.15, 0.2) is 80.4 Å². The Morgan fingerprint density at radius 2 is 1.63 bits per heavy atom. The zero-order chi connectivity index (χ0) is 21.0. The topological polar surface area (TPSA) is 50.5 Å². The lowest BCUT2D eigenvalue weighted by Crippen LogP contribution is -2.29. The lowest BCUT2D eigenvalue weighted by Gasteiger charge is -2.25. The first kappa shape index (κ1) is 18.7. The van der Waals surface area contributed by atoms with Gasteiger partial charge in [0.05, 0.1) is 17.0 Å². The maximum Gasteiger partial charge on any atom is 0.295 e. The number of amides is 1. The van der Waals surface area contributed by atoms with Crippen LogP contribution in [0.25, 0.3) is 11.0 Å². The number of fused-ring (bicyclic) bond motifs is 2. The number of carbonyl (C=O) groups excluding carboxylic acids is 1. The van der Waals surface area contributed by atoms with Gasteiger partial charge in [0.15, 0.2) is 5.43 Å². The highest BCUT2D eigenvalue weighted by atomic mass is 79.9. The molecule has 1 aliphatic rings. The van der Waals surface area contributed by atoms with Crippen molar-refractivity contribution in [3.8, 4) is 0 Å². The van der Waals surface area contributed by atoms with Crippen molar-refractivity contribution in [1.82, 2.24) is 0 Å². The summed E-state index contributed by atoms with van der Waals surface area (Å²) in [5, 5.41) is 0.0461. The van der Waals surface area contributed by atoms with Crippen LogP contribution in [0.5, 0.6) is 0 Å². The molecule has 7 heteroatoms. The molecule has 4 aromatic rings. The minimum Gasteiger partial charge on any atom is -0.450 e. The third-order valence-corrected chi connectivity index (χ3v) is 5.60. The van der Waals surface area contributed by atoms with Crippen molar-refractivity contribution in [2.24, 2.45) is 0 Å². The number of benzene rings is 3. The summed E-state index contributed by atoms with van der Waals surface area (Å²) in [6.45, 7) is 0. The number of nitrogens with zero attached hydrogens (tertiary/aromatic N) is 1. The van der Waals surface area contributed by atoms with Crippen molar-refractivity contribution in [3.05, 3.63) is 110 Å². The Hall–Kier alpha value is -3.32. The maximum atomic E-state index is 13.8. The summed E-state index contributed by atoms with van der Waals surface area (Å²) in [4.78, 5) is 28.1. The second-order valence-corrected chi connectivity index (χ2v) is 7.84. The fraction of sp³-hybridized carbons (Fsp3) is 0.0435. The summed E-state index contributed by atoms with van der Waals surface area (Å²) in [7, 11) is 0. The van der Waals surface area contributed by atoms with E-state index in [-0.39, 0.29) is 22.3 Å². The molecule has 0 saturated heterocycles. The summed E-state index contributed by atoms with van der Waals surface area (Å²) in [6, 6.07) is 15.3. The average molecular weight is 468 g/mol. The van der Waals surface area contributed by atoms with Gasteiger partial charge < -0.3 is 4.42 Å². The SMILES string of the molecule is O=C1c2oc3ccc(F)cc3c(=O)c2C(c2ccc(F)cc2)N1c1cccc(Br)c1. The summed E-state index contributed by atoms with van der Waals surface area (Å²) < 4.78 is 33.8. The predicted octanol–water partition coefficient (Wildman–Crippen LogP) is 5.58. The van der Waals surface area contributed by atoms with Gasteiger partial charge in [-0.15, -0.1) is 0 Å². The van der Waals surface area contributed by atoms with Crippen molar-refractivity contribution in [2.75, 3.05) is 4.90 Å². The first-order valence-electron chi connectivity index (χ1n) is 9.05. The zero-order valence-corrected chi connectivity index (χ0v) is 16.8. The molecular formula is C23H12BrF2NO3. The maximum absolute atomic E-state index is 13.8. The van der Waals surface area contributed by atoms with E-state index in [1.165, 1.54) is 41.3 Å². The molecule has 4 nitrogen and oxygen atoms in total. The van der Waals surface area contributed by atoms with Crippen LogP contribution < -0.4 is 10.3 Å². The van der Waals surface area contributed by atoms with Gasteiger partial charge in [-0.1, -0.05) is 34.1 Å². The molecule has 0 aliphatic carbocycles. The number of hydrogen-bond acceptors (Lipinski definition) is 3. The minimum absolute atomic E-state index is 0.0461. The predicted molar refractivity (Wildman–Crippen MR) is 112 cm³/mol. The highest BCUT2D eigenvalue weighted by Crippen LogP contribution is 2.41. The number of rotatable bonds is 2. The van der Waals surface area contributed by atoms with Gasteiger partial charge in [0.25, 0.3) is 5.91 Å². The van der Waals surface area contributed by atoms with Gasteiger partial charge in [-0.05, 0) is 54.1 Å². The number of carbonyl (C=O) groups is 1. The molecule has 0 saturated carbocycles. The van der Waals surface area contributed by atoms with Gasteiger partial charge in [0.2, 0.25) is 5.76 Å². The third-order valence-electron chi connectivity index (χ3n) is 5.10. The quantitative estimate of drug-likeness (QED) is 0.386. The van der Waals surface area contributed by atoms with Gasteiger partial charge >= 0.3 is 0 Å². The van der Waals surface area contributed by atoms with Crippen molar-refractivity contribution in [1.29, 1.82) is 0 Å². The molecule has 1 amide bonds. The molecule has 5 rings (SSSR count). The number of halogens is 3. The Balaban J connectivity index is 1.83. The first-order valence-corrected chi connectivity index (χ1v) is 9.84. The molecule has 0 bridgehead atoms. The fourth-order valence-corrected chi connectivity index (χ4v) is 4.19. The Kier molecular flexibility index (Phi) is 4.29. The summed E-state index contributed by atoms with van der Waals surface area (Å²) in [6.07, 6.45) is 0. The summed E-state index contributed by atoms with van der Waals surface area (Å²) in [5.74, 6) is -1.62. The van der Waals surface area contributed by atoms with Gasteiger partial charge in [0.1, 0.15) is 17.2 Å². The molecule has 1 atom stereocenters. The molecule has 2 heterocycles. The molecule has 148 valence electrons. The molecule has 1 unspecified atom stereocenters. The molecule has 0 N–H and O–H groups in total. The second kappa shape index (κ2) is 6.88. The number of hydrogen-bond donors (Lipinski definition) is 0. The van der Waals surface area contributed by atoms with E-state index in [4.69, 9.17) is 4.42 Å². The Bertz CT molecular complexity index is 1380.